The zero-order chi connectivity index (χ0) is 14.8. The lowest BCUT2D eigenvalue weighted by Crippen LogP contribution is -2.61. The molecule has 4 nitrogen and oxygen atoms in total. The molecule has 1 N–H and O–H groups in total. The van der Waals surface area contributed by atoms with Crippen LogP contribution in [0.25, 0.3) is 0 Å². The van der Waals surface area contributed by atoms with Crippen LogP contribution in [-0.2, 0) is 9.53 Å². The van der Waals surface area contributed by atoms with E-state index in [1.165, 1.54) is 51.4 Å². The molecule has 0 amide bonds. The summed E-state index contributed by atoms with van der Waals surface area (Å²) < 4.78 is 5.40. The lowest BCUT2D eigenvalue weighted by atomic mass is 9.96. The standard InChI is InChI=1S/C16H31NO3/c1-3-4-5-6-7-8-9-10-11-17-13-16(2,14-17)20-12-15(18)19/h3-14H2,1-2H3,(H,18,19). The second-order valence-electron chi connectivity index (χ2n) is 6.32. The Morgan fingerprint density at radius 1 is 1.10 bits per heavy atom. The van der Waals surface area contributed by atoms with Crippen molar-refractivity contribution in [3.63, 3.8) is 0 Å². The summed E-state index contributed by atoms with van der Waals surface area (Å²) in [6, 6.07) is 0. The van der Waals surface area contributed by atoms with Gasteiger partial charge >= 0.3 is 5.97 Å². The first kappa shape index (κ1) is 17.4. The average Bonchev–Trinajstić information content (AvgIpc) is 2.37. The Morgan fingerprint density at radius 2 is 1.65 bits per heavy atom. The first-order chi connectivity index (χ1) is 9.56. The largest absolute Gasteiger partial charge is 0.480 e. The Bertz CT molecular complexity index is 275. The van der Waals surface area contributed by atoms with Crippen LogP contribution in [0.3, 0.4) is 0 Å². The van der Waals surface area contributed by atoms with Crippen molar-refractivity contribution in [1.29, 1.82) is 0 Å². The third-order valence-electron chi connectivity index (χ3n) is 3.99. The van der Waals surface area contributed by atoms with Crippen LogP contribution in [0, 0.1) is 0 Å². The van der Waals surface area contributed by atoms with Gasteiger partial charge in [0.15, 0.2) is 0 Å². The van der Waals surface area contributed by atoms with E-state index in [9.17, 15) is 4.79 Å². The second kappa shape index (κ2) is 9.35. The van der Waals surface area contributed by atoms with E-state index in [0.29, 0.717) is 0 Å². The molecular formula is C16H31NO3. The van der Waals surface area contributed by atoms with E-state index in [-0.39, 0.29) is 12.2 Å². The van der Waals surface area contributed by atoms with Crippen molar-refractivity contribution < 1.29 is 14.6 Å². The van der Waals surface area contributed by atoms with Crippen molar-refractivity contribution in [2.24, 2.45) is 0 Å². The van der Waals surface area contributed by atoms with Gasteiger partial charge in [-0.3, -0.25) is 4.90 Å². The first-order valence-electron chi connectivity index (χ1n) is 8.14. The highest BCUT2D eigenvalue weighted by Gasteiger charge is 2.39. The van der Waals surface area contributed by atoms with Gasteiger partial charge in [0.2, 0.25) is 0 Å². The van der Waals surface area contributed by atoms with Gasteiger partial charge in [0.05, 0.1) is 5.60 Å². The van der Waals surface area contributed by atoms with Gasteiger partial charge in [-0.15, -0.1) is 0 Å². The molecule has 0 aromatic heterocycles. The third kappa shape index (κ3) is 7.25. The fraction of sp³-hybridized carbons (Fsp3) is 0.938. The van der Waals surface area contributed by atoms with Crippen LogP contribution in [0.15, 0.2) is 0 Å². The molecule has 0 unspecified atom stereocenters. The quantitative estimate of drug-likeness (QED) is 0.559. The maximum atomic E-state index is 10.5. The van der Waals surface area contributed by atoms with E-state index >= 15 is 0 Å². The number of rotatable bonds is 12. The Morgan fingerprint density at radius 3 is 2.20 bits per heavy atom. The molecule has 0 spiro atoms. The molecule has 0 aromatic rings. The van der Waals surface area contributed by atoms with Crippen LogP contribution in [-0.4, -0.2) is 47.8 Å². The fourth-order valence-corrected chi connectivity index (χ4v) is 2.85. The minimum absolute atomic E-state index is 0.178. The van der Waals surface area contributed by atoms with Gasteiger partial charge in [0.1, 0.15) is 6.61 Å². The van der Waals surface area contributed by atoms with Crippen molar-refractivity contribution >= 4 is 5.97 Å². The number of aliphatic carboxylic acids is 1. The highest BCUT2D eigenvalue weighted by Crippen LogP contribution is 2.24. The molecule has 1 aliphatic rings. The van der Waals surface area contributed by atoms with E-state index in [2.05, 4.69) is 11.8 Å². The molecule has 1 rings (SSSR count). The first-order valence-corrected chi connectivity index (χ1v) is 8.14. The second-order valence-corrected chi connectivity index (χ2v) is 6.32. The van der Waals surface area contributed by atoms with E-state index in [1.54, 1.807) is 0 Å². The number of carboxylic acids is 1. The molecule has 0 atom stereocenters. The van der Waals surface area contributed by atoms with Gasteiger partial charge < -0.3 is 9.84 Å². The Hall–Kier alpha value is -0.610. The van der Waals surface area contributed by atoms with Crippen molar-refractivity contribution in [1.82, 2.24) is 4.90 Å². The number of ether oxygens (including phenoxy) is 1. The van der Waals surface area contributed by atoms with Gasteiger partial charge in [-0.25, -0.2) is 4.79 Å². The summed E-state index contributed by atoms with van der Waals surface area (Å²) in [4.78, 5) is 12.8. The molecule has 0 saturated carbocycles. The number of carboxylic acid groups (broad SMARTS) is 1. The number of unbranched alkanes of at least 4 members (excludes halogenated alkanes) is 7. The van der Waals surface area contributed by atoms with Crippen LogP contribution < -0.4 is 0 Å². The van der Waals surface area contributed by atoms with Crippen LogP contribution in [0.2, 0.25) is 0 Å². The molecule has 0 aromatic carbocycles. The lowest BCUT2D eigenvalue weighted by Gasteiger charge is -2.47. The molecule has 118 valence electrons. The van der Waals surface area contributed by atoms with E-state index in [0.717, 1.165) is 19.6 Å². The van der Waals surface area contributed by atoms with E-state index < -0.39 is 5.97 Å². The Labute approximate surface area is 123 Å². The molecular weight excluding hydrogens is 254 g/mol. The van der Waals surface area contributed by atoms with Gasteiger partial charge in [-0.1, -0.05) is 51.9 Å². The highest BCUT2D eigenvalue weighted by molar-refractivity contribution is 5.68. The van der Waals surface area contributed by atoms with Crippen molar-refractivity contribution in [3.8, 4) is 0 Å². The Balaban J connectivity index is 1.89. The summed E-state index contributed by atoms with van der Waals surface area (Å²) in [5.74, 6) is -0.882. The lowest BCUT2D eigenvalue weighted by molar-refractivity contribution is -0.164. The van der Waals surface area contributed by atoms with Crippen LogP contribution in [0.4, 0.5) is 0 Å². The number of hydrogen-bond acceptors (Lipinski definition) is 3. The molecule has 1 heterocycles. The fourth-order valence-electron chi connectivity index (χ4n) is 2.85. The summed E-state index contributed by atoms with van der Waals surface area (Å²) in [7, 11) is 0. The highest BCUT2D eigenvalue weighted by atomic mass is 16.5. The SMILES string of the molecule is CCCCCCCCCCN1CC(C)(OCC(=O)O)C1. The molecule has 0 radical (unpaired) electrons. The minimum Gasteiger partial charge on any atom is -0.480 e. The number of hydrogen-bond donors (Lipinski definition) is 1. The van der Waals surface area contributed by atoms with Gasteiger partial charge in [0, 0.05) is 13.1 Å². The smallest absolute Gasteiger partial charge is 0.329 e. The molecule has 0 bridgehead atoms. The van der Waals surface area contributed by atoms with Crippen molar-refractivity contribution in [2.45, 2.75) is 70.8 Å². The van der Waals surface area contributed by atoms with Crippen molar-refractivity contribution in [3.05, 3.63) is 0 Å². The zero-order valence-electron chi connectivity index (χ0n) is 13.2. The van der Waals surface area contributed by atoms with Crippen LogP contribution in [0.1, 0.15) is 65.2 Å². The number of carbonyl (C=O) groups is 1. The molecule has 1 fully saturated rings. The third-order valence-corrected chi connectivity index (χ3v) is 3.99. The average molecular weight is 285 g/mol. The summed E-state index contributed by atoms with van der Waals surface area (Å²) in [6.07, 6.45) is 10.8. The number of likely N-dealkylation sites (tertiary alicyclic amines) is 1. The normalized spacial score (nSPS) is 17.9. The van der Waals surface area contributed by atoms with E-state index in [1.807, 2.05) is 6.92 Å². The zero-order valence-corrected chi connectivity index (χ0v) is 13.2. The topological polar surface area (TPSA) is 49.8 Å². The van der Waals surface area contributed by atoms with Gasteiger partial charge in [-0.2, -0.15) is 0 Å². The molecule has 1 aliphatic heterocycles. The van der Waals surface area contributed by atoms with Gasteiger partial charge in [0.25, 0.3) is 0 Å². The summed E-state index contributed by atoms with van der Waals surface area (Å²) in [5.41, 5.74) is -0.238. The van der Waals surface area contributed by atoms with Crippen molar-refractivity contribution in [2.75, 3.05) is 26.2 Å². The van der Waals surface area contributed by atoms with Crippen LogP contribution in [0.5, 0.6) is 0 Å². The predicted molar refractivity (Wildman–Crippen MR) is 81.0 cm³/mol. The summed E-state index contributed by atoms with van der Waals surface area (Å²) in [5, 5.41) is 8.60. The number of nitrogens with zero attached hydrogens (tertiary/aromatic N) is 1. The van der Waals surface area contributed by atoms with Gasteiger partial charge in [-0.05, 0) is 19.9 Å². The van der Waals surface area contributed by atoms with E-state index in [4.69, 9.17) is 9.84 Å². The maximum absolute atomic E-state index is 10.5. The maximum Gasteiger partial charge on any atom is 0.329 e. The Kier molecular flexibility index (Phi) is 8.15. The summed E-state index contributed by atoms with van der Waals surface area (Å²) in [6.45, 7) is 6.94. The molecule has 0 aliphatic carbocycles. The predicted octanol–water partition coefficient (Wildman–Crippen LogP) is 3.30. The molecule has 4 heteroatoms. The monoisotopic (exact) mass is 285 g/mol. The minimum atomic E-state index is -0.882. The molecule has 20 heavy (non-hydrogen) atoms. The summed E-state index contributed by atoms with van der Waals surface area (Å²) >= 11 is 0. The molecule has 1 saturated heterocycles. The van der Waals surface area contributed by atoms with Crippen LogP contribution >= 0.6 is 0 Å².